The van der Waals surface area contributed by atoms with E-state index in [4.69, 9.17) is 0 Å². The van der Waals surface area contributed by atoms with E-state index < -0.39 is 5.41 Å². The number of nitrogens with zero attached hydrogens (tertiary/aromatic N) is 2. The predicted molar refractivity (Wildman–Crippen MR) is 297 cm³/mol. The van der Waals surface area contributed by atoms with Crippen molar-refractivity contribution in [1.82, 2.24) is 4.57 Å². The van der Waals surface area contributed by atoms with Crippen molar-refractivity contribution < 1.29 is 0 Å². The molecule has 328 valence electrons. The van der Waals surface area contributed by atoms with Crippen LogP contribution in [-0.4, -0.2) is 4.57 Å². The summed E-state index contributed by atoms with van der Waals surface area (Å²) in [5, 5.41) is 5.15. The zero-order valence-corrected chi connectivity index (χ0v) is 39.0. The molecule has 0 aliphatic heterocycles. The Bertz CT molecular complexity index is 4020. The van der Waals surface area contributed by atoms with Crippen molar-refractivity contribution in [1.29, 1.82) is 0 Å². The van der Waals surface area contributed by atoms with Gasteiger partial charge in [-0.05, 0) is 141 Å². The molecule has 13 aromatic rings. The van der Waals surface area contributed by atoms with Crippen molar-refractivity contribution in [2.45, 2.75) is 5.41 Å². The van der Waals surface area contributed by atoms with E-state index in [0.29, 0.717) is 0 Å². The summed E-state index contributed by atoms with van der Waals surface area (Å²) in [6, 6.07) is 98.5. The highest BCUT2D eigenvalue weighted by Crippen LogP contribution is 2.57. The van der Waals surface area contributed by atoms with Gasteiger partial charge in [0.25, 0.3) is 0 Å². The average molecular weight is 909 g/mol. The second kappa shape index (κ2) is 16.2. The molecule has 14 rings (SSSR count). The molecule has 0 fully saturated rings. The lowest BCUT2D eigenvalue weighted by Gasteiger charge is -2.34. The Morgan fingerprint density at radius 3 is 1.53 bits per heavy atom. The molecule has 2 aromatic heterocycles. The summed E-state index contributed by atoms with van der Waals surface area (Å²) >= 11 is 1.86. The summed E-state index contributed by atoms with van der Waals surface area (Å²) in [7, 11) is 0. The van der Waals surface area contributed by atoms with E-state index in [9.17, 15) is 0 Å². The van der Waals surface area contributed by atoms with Gasteiger partial charge in [0, 0.05) is 53.7 Å². The summed E-state index contributed by atoms with van der Waals surface area (Å²) in [6.07, 6.45) is 0. The van der Waals surface area contributed by atoms with Crippen LogP contribution in [0.2, 0.25) is 0 Å². The van der Waals surface area contributed by atoms with Crippen LogP contribution in [0.4, 0.5) is 17.1 Å². The molecule has 0 amide bonds. The smallest absolute Gasteiger partial charge is 0.0713 e. The maximum absolute atomic E-state index is 2.42. The average Bonchev–Trinajstić information content (AvgIpc) is 4.08. The molecular formula is C67H44N2S. The van der Waals surface area contributed by atoms with E-state index in [0.717, 1.165) is 22.7 Å². The van der Waals surface area contributed by atoms with E-state index >= 15 is 0 Å². The fourth-order valence-electron chi connectivity index (χ4n) is 11.6. The van der Waals surface area contributed by atoms with Crippen LogP contribution in [0.5, 0.6) is 0 Å². The van der Waals surface area contributed by atoms with Gasteiger partial charge in [0.05, 0.1) is 16.4 Å². The molecule has 0 atom stereocenters. The number of aromatic nitrogens is 1. The third kappa shape index (κ3) is 6.25. The summed E-state index contributed by atoms with van der Waals surface area (Å²) in [4.78, 5) is 2.42. The molecular weight excluding hydrogens is 865 g/mol. The van der Waals surface area contributed by atoms with Crippen LogP contribution >= 0.6 is 11.3 Å². The lowest BCUT2D eigenvalue weighted by atomic mass is 9.68. The predicted octanol–water partition coefficient (Wildman–Crippen LogP) is 18.3. The molecule has 1 aliphatic carbocycles. The number of hydrogen-bond acceptors (Lipinski definition) is 2. The lowest BCUT2D eigenvalue weighted by molar-refractivity contribution is 0.768. The summed E-state index contributed by atoms with van der Waals surface area (Å²) in [5.41, 5.74) is 18.7. The van der Waals surface area contributed by atoms with Crippen LogP contribution < -0.4 is 4.90 Å². The number of anilines is 3. The van der Waals surface area contributed by atoms with E-state index in [-0.39, 0.29) is 0 Å². The molecule has 0 radical (unpaired) electrons. The number of benzene rings is 11. The Morgan fingerprint density at radius 1 is 0.314 bits per heavy atom. The Morgan fingerprint density at radius 2 is 0.829 bits per heavy atom. The maximum atomic E-state index is 2.42. The Labute approximate surface area is 411 Å². The van der Waals surface area contributed by atoms with Gasteiger partial charge >= 0.3 is 0 Å². The molecule has 0 saturated carbocycles. The minimum Gasteiger partial charge on any atom is -0.310 e. The number of fused-ring (bicyclic) bond motifs is 9. The van der Waals surface area contributed by atoms with Crippen LogP contribution in [0.15, 0.2) is 267 Å². The fourth-order valence-corrected chi connectivity index (χ4v) is 12.6. The lowest BCUT2D eigenvalue weighted by Crippen LogP contribution is -2.28. The van der Waals surface area contributed by atoms with Gasteiger partial charge in [-0.15, -0.1) is 11.3 Å². The third-order valence-electron chi connectivity index (χ3n) is 14.7. The minimum absolute atomic E-state index is 0.471. The van der Waals surface area contributed by atoms with Crippen LogP contribution in [0.1, 0.15) is 22.3 Å². The van der Waals surface area contributed by atoms with Gasteiger partial charge in [0.2, 0.25) is 0 Å². The molecule has 70 heavy (non-hydrogen) atoms. The van der Waals surface area contributed by atoms with Gasteiger partial charge in [0.1, 0.15) is 0 Å². The third-order valence-corrected chi connectivity index (χ3v) is 15.8. The van der Waals surface area contributed by atoms with E-state index in [1.54, 1.807) is 0 Å². The normalized spacial score (nSPS) is 12.7. The molecule has 0 saturated heterocycles. The van der Waals surface area contributed by atoms with Crippen molar-refractivity contribution in [2.75, 3.05) is 4.90 Å². The highest BCUT2D eigenvalue weighted by molar-refractivity contribution is 7.25. The van der Waals surface area contributed by atoms with E-state index in [2.05, 4.69) is 276 Å². The largest absolute Gasteiger partial charge is 0.310 e. The monoisotopic (exact) mass is 908 g/mol. The van der Waals surface area contributed by atoms with Crippen molar-refractivity contribution in [2.24, 2.45) is 0 Å². The first-order valence-corrected chi connectivity index (χ1v) is 24.9. The van der Waals surface area contributed by atoms with Gasteiger partial charge in [-0.2, -0.15) is 0 Å². The molecule has 3 heteroatoms. The van der Waals surface area contributed by atoms with Gasteiger partial charge in [-0.25, -0.2) is 0 Å². The zero-order valence-electron chi connectivity index (χ0n) is 38.2. The number of rotatable bonds is 8. The number of para-hydroxylation sites is 2. The van der Waals surface area contributed by atoms with Gasteiger partial charge < -0.3 is 9.47 Å². The van der Waals surface area contributed by atoms with E-state index in [1.165, 1.54) is 97.6 Å². The quantitative estimate of drug-likeness (QED) is 0.147. The second-order valence-corrected chi connectivity index (χ2v) is 19.5. The zero-order chi connectivity index (χ0) is 46.2. The number of hydrogen-bond donors (Lipinski definition) is 0. The standard InChI is InChI=1S/C67H44N2S/c1-3-18-49(19-4-1)67(50-20-5-2-6-21-50)61-26-11-7-22-55(61)59-44-54(39-40-62(59)67)68(52-35-37-53(38-36-52)69-63-27-12-8-23-56(63)57-24-9-13-28-64(57)69)51-33-30-45(31-34-51)46-16-15-17-47(42-46)48-32-41-66-60(43-48)58-25-10-14-29-65(58)70-66/h1-44H. The SMILES string of the molecule is c1ccc(C2(c3ccccc3)c3ccccc3-c3cc(N(c4ccc(-c5cccc(-c6ccc7sc8ccccc8c7c6)c5)cc4)c4ccc(-n5c6ccccc6c6ccccc65)cc4)ccc32)cc1. The molecule has 0 N–H and O–H groups in total. The van der Waals surface area contributed by atoms with Gasteiger partial charge in [0.15, 0.2) is 0 Å². The summed E-state index contributed by atoms with van der Waals surface area (Å²) < 4.78 is 5.04. The molecule has 0 bridgehead atoms. The second-order valence-electron chi connectivity index (χ2n) is 18.4. The molecule has 1 aliphatic rings. The topological polar surface area (TPSA) is 8.17 Å². The first-order chi connectivity index (χ1) is 34.7. The molecule has 0 unspecified atom stereocenters. The van der Waals surface area contributed by atoms with E-state index in [1.807, 2.05) is 11.3 Å². The fraction of sp³-hybridized carbons (Fsp3) is 0.0149. The molecule has 2 heterocycles. The van der Waals surface area contributed by atoms with Crippen LogP contribution in [0.3, 0.4) is 0 Å². The van der Waals surface area contributed by atoms with Crippen LogP contribution in [0.25, 0.3) is 81.0 Å². The first kappa shape index (κ1) is 40.3. The molecule has 0 spiro atoms. The van der Waals surface area contributed by atoms with Crippen molar-refractivity contribution >= 4 is 70.4 Å². The summed E-state index contributed by atoms with van der Waals surface area (Å²) in [5.74, 6) is 0. The van der Waals surface area contributed by atoms with Crippen LogP contribution in [-0.2, 0) is 5.41 Å². The highest BCUT2D eigenvalue weighted by Gasteiger charge is 2.46. The Kier molecular flexibility index (Phi) is 9.33. The van der Waals surface area contributed by atoms with Gasteiger partial charge in [-0.3, -0.25) is 0 Å². The minimum atomic E-state index is -0.471. The van der Waals surface area contributed by atoms with Gasteiger partial charge in [-0.1, -0.05) is 182 Å². The first-order valence-electron chi connectivity index (χ1n) is 24.1. The van der Waals surface area contributed by atoms with Crippen molar-refractivity contribution in [3.8, 4) is 39.1 Å². The maximum Gasteiger partial charge on any atom is 0.0713 e. The highest BCUT2D eigenvalue weighted by atomic mass is 32.1. The number of thiophene rings is 1. The van der Waals surface area contributed by atoms with Crippen molar-refractivity contribution in [3.63, 3.8) is 0 Å². The molecule has 2 nitrogen and oxygen atoms in total. The molecule has 11 aromatic carbocycles. The Hall–Kier alpha value is -8.76. The van der Waals surface area contributed by atoms with Crippen LogP contribution in [0, 0.1) is 0 Å². The summed E-state index contributed by atoms with van der Waals surface area (Å²) in [6.45, 7) is 0. The Balaban J connectivity index is 0.904. The van der Waals surface area contributed by atoms with Crippen molar-refractivity contribution in [3.05, 3.63) is 289 Å².